The van der Waals surface area contributed by atoms with E-state index in [4.69, 9.17) is 5.26 Å². The van der Waals surface area contributed by atoms with Crippen LogP contribution in [-0.4, -0.2) is 59.3 Å². The monoisotopic (exact) mass is 437 g/mol. The number of rotatable bonds is 11. The first-order valence-corrected chi connectivity index (χ1v) is 10.4. The second-order valence-electron chi connectivity index (χ2n) is 7.15. The number of benzene rings is 2. The second kappa shape index (κ2) is 12.2. The van der Waals surface area contributed by atoms with Gasteiger partial charge in [0.25, 0.3) is 11.6 Å². The van der Waals surface area contributed by atoms with Gasteiger partial charge in [-0.15, -0.1) is 0 Å². The predicted molar refractivity (Wildman–Crippen MR) is 121 cm³/mol. The van der Waals surface area contributed by atoms with Crippen molar-refractivity contribution in [2.24, 2.45) is 0 Å². The van der Waals surface area contributed by atoms with Crippen molar-refractivity contribution >= 4 is 23.2 Å². The van der Waals surface area contributed by atoms with Crippen molar-refractivity contribution in [3.8, 4) is 6.07 Å². The molecule has 0 aliphatic rings. The van der Waals surface area contributed by atoms with Crippen molar-refractivity contribution in [1.82, 2.24) is 9.80 Å². The fraction of sp³-hybridized carbons (Fsp3) is 0.348. The SMILES string of the molecule is CCN(CC)CCCN(CC(=O)Nc1ccc([N+](=O)[O-])cc1)C(=O)c1ccc(C#N)cc1. The van der Waals surface area contributed by atoms with Gasteiger partial charge in [-0.25, -0.2) is 0 Å². The van der Waals surface area contributed by atoms with Crippen LogP contribution in [-0.2, 0) is 4.79 Å². The third-order valence-corrected chi connectivity index (χ3v) is 5.04. The van der Waals surface area contributed by atoms with Crippen LogP contribution in [0.1, 0.15) is 36.2 Å². The molecule has 2 aromatic carbocycles. The van der Waals surface area contributed by atoms with Gasteiger partial charge in [0.1, 0.15) is 6.54 Å². The number of nitro benzene ring substituents is 1. The van der Waals surface area contributed by atoms with Crippen molar-refractivity contribution < 1.29 is 14.5 Å². The fourth-order valence-electron chi connectivity index (χ4n) is 3.19. The summed E-state index contributed by atoms with van der Waals surface area (Å²) in [6, 6.07) is 13.8. The summed E-state index contributed by atoms with van der Waals surface area (Å²) in [7, 11) is 0. The third kappa shape index (κ3) is 7.18. The highest BCUT2D eigenvalue weighted by molar-refractivity contribution is 5.99. The van der Waals surface area contributed by atoms with Crippen LogP contribution < -0.4 is 5.32 Å². The van der Waals surface area contributed by atoms with Crippen LogP contribution in [0.3, 0.4) is 0 Å². The van der Waals surface area contributed by atoms with Crippen LogP contribution in [0.25, 0.3) is 0 Å². The van der Waals surface area contributed by atoms with Gasteiger partial charge in [-0.2, -0.15) is 5.26 Å². The zero-order valence-corrected chi connectivity index (χ0v) is 18.3. The lowest BCUT2D eigenvalue weighted by molar-refractivity contribution is -0.384. The molecule has 0 unspecified atom stereocenters. The van der Waals surface area contributed by atoms with Gasteiger partial charge in [0.05, 0.1) is 16.6 Å². The Kier molecular flexibility index (Phi) is 9.32. The molecular formula is C23H27N5O4. The fourth-order valence-corrected chi connectivity index (χ4v) is 3.19. The van der Waals surface area contributed by atoms with Gasteiger partial charge in [0, 0.05) is 29.9 Å². The van der Waals surface area contributed by atoms with Crippen molar-refractivity contribution in [2.75, 3.05) is 38.0 Å². The second-order valence-corrected chi connectivity index (χ2v) is 7.15. The lowest BCUT2D eigenvalue weighted by Crippen LogP contribution is -2.39. The molecule has 0 radical (unpaired) electrons. The van der Waals surface area contributed by atoms with E-state index in [1.165, 1.54) is 29.2 Å². The lowest BCUT2D eigenvalue weighted by Gasteiger charge is -2.24. The van der Waals surface area contributed by atoms with Gasteiger partial charge in [-0.1, -0.05) is 13.8 Å². The first-order valence-electron chi connectivity index (χ1n) is 10.4. The van der Waals surface area contributed by atoms with Crippen LogP contribution in [0.5, 0.6) is 0 Å². The summed E-state index contributed by atoms with van der Waals surface area (Å²) in [5, 5.41) is 22.4. The minimum Gasteiger partial charge on any atom is -0.329 e. The Balaban J connectivity index is 2.09. The van der Waals surface area contributed by atoms with Crippen LogP contribution in [0.15, 0.2) is 48.5 Å². The van der Waals surface area contributed by atoms with Crippen molar-refractivity contribution in [1.29, 1.82) is 5.26 Å². The summed E-state index contributed by atoms with van der Waals surface area (Å²) in [6.07, 6.45) is 0.703. The largest absolute Gasteiger partial charge is 0.329 e. The van der Waals surface area contributed by atoms with E-state index in [0.717, 1.165) is 19.6 Å². The number of carbonyl (C=O) groups excluding carboxylic acids is 2. The maximum atomic E-state index is 13.0. The topological polar surface area (TPSA) is 120 Å². The molecule has 2 aromatic rings. The number of amides is 2. The molecule has 0 saturated heterocycles. The Bertz CT molecular complexity index is 963. The smallest absolute Gasteiger partial charge is 0.269 e. The molecule has 0 aromatic heterocycles. The molecule has 1 N–H and O–H groups in total. The number of hydrogen-bond acceptors (Lipinski definition) is 6. The Hall–Kier alpha value is -3.77. The Labute approximate surface area is 187 Å². The molecular weight excluding hydrogens is 410 g/mol. The summed E-state index contributed by atoms with van der Waals surface area (Å²) < 4.78 is 0. The molecule has 0 saturated carbocycles. The molecule has 0 aliphatic heterocycles. The zero-order valence-electron chi connectivity index (χ0n) is 18.3. The molecule has 0 heterocycles. The van der Waals surface area contributed by atoms with Crippen molar-refractivity contribution in [3.05, 3.63) is 69.8 Å². The number of nitro groups is 1. The molecule has 0 atom stereocenters. The molecule has 0 spiro atoms. The Morgan fingerprint density at radius 3 is 2.19 bits per heavy atom. The molecule has 2 amide bonds. The summed E-state index contributed by atoms with van der Waals surface area (Å²) >= 11 is 0. The highest BCUT2D eigenvalue weighted by atomic mass is 16.6. The van der Waals surface area contributed by atoms with E-state index in [1.54, 1.807) is 24.3 Å². The lowest BCUT2D eigenvalue weighted by atomic mass is 10.1. The minimum atomic E-state index is -0.514. The van der Waals surface area contributed by atoms with E-state index < -0.39 is 10.8 Å². The molecule has 0 bridgehead atoms. The zero-order chi connectivity index (χ0) is 23.5. The Morgan fingerprint density at radius 2 is 1.66 bits per heavy atom. The van der Waals surface area contributed by atoms with Crippen LogP contribution in [0.4, 0.5) is 11.4 Å². The third-order valence-electron chi connectivity index (χ3n) is 5.04. The number of anilines is 1. The molecule has 9 heteroatoms. The van der Waals surface area contributed by atoms with Crippen molar-refractivity contribution in [3.63, 3.8) is 0 Å². The average molecular weight is 438 g/mol. The van der Waals surface area contributed by atoms with Crippen LogP contribution in [0.2, 0.25) is 0 Å². The molecule has 168 valence electrons. The number of nitrogens with one attached hydrogen (secondary N) is 1. The van der Waals surface area contributed by atoms with E-state index in [1.807, 2.05) is 6.07 Å². The average Bonchev–Trinajstić information content (AvgIpc) is 2.81. The van der Waals surface area contributed by atoms with E-state index in [-0.39, 0.29) is 18.1 Å². The van der Waals surface area contributed by atoms with E-state index in [0.29, 0.717) is 29.8 Å². The van der Waals surface area contributed by atoms with Gasteiger partial charge in [0.2, 0.25) is 5.91 Å². The molecule has 9 nitrogen and oxygen atoms in total. The highest BCUT2D eigenvalue weighted by Crippen LogP contribution is 2.16. The number of nitriles is 1. The minimum absolute atomic E-state index is 0.0722. The predicted octanol–water partition coefficient (Wildman–Crippen LogP) is 3.28. The molecule has 32 heavy (non-hydrogen) atoms. The summed E-state index contributed by atoms with van der Waals surface area (Å²) in [6.45, 7) is 6.98. The van der Waals surface area contributed by atoms with Gasteiger partial charge in [0.15, 0.2) is 0 Å². The number of hydrogen-bond donors (Lipinski definition) is 1. The maximum Gasteiger partial charge on any atom is 0.269 e. The van der Waals surface area contributed by atoms with Gasteiger partial charge >= 0.3 is 0 Å². The highest BCUT2D eigenvalue weighted by Gasteiger charge is 2.19. The van der Waals surface area contributed by atoms with Gasteiger partial charge in [-0.05, 0) is 62.5 Å². The normalized spacial score (nSPS) is 10.4. The molecule has 2 rings (SSSR count). The Morgan fingerprint density at radius 1 is 1.03 bits per heavy atom. The van der Waals surface area contributed by atoms with Crippen LogP contribution in [0, 0.1) is 21.4 Å². The number of carbonyl (C=O) groups is 2. The van der Waals surface area contributed by atoms with Crippen LogP contribution >= 0.6 is 0 Å². The van der Waals surface area contributed by atoms with Gasteiger partial charge in [-0.3, -0.25) is 19.7 Å². The molecule has 0 fully saturated rings. The first-order chi connectivity index (χ1) is 15.4. The van der Waals surface area contributed by atoms with E-state index >= 15 is 0 Å². The van der Waals surface area contributed by atoms with Crippen molar-refractivity contribution in [2.45, 2.75) is 20.3 Å². The van der Waals surface area contributed by atoms with Gasteiger partial charge < -0.3 is 15.1 Å². The molecule has 0 aliphatic carbocycles. The maximum absolute atomic E-state index is 13.0. The number of nitrogens with zero attached hydrogens (tertiary/aromatic N) is 4. The van der Waals surface area contributed by atoms with E-state index in [9.17, 15) is 19.7 Å². The summed E-state index contributed by atoms with van der Waals surface area (Å²) in [5.41, 5.74) is 1.19. The quantitative estimate of drug-likeness (QED) is 0.426. The summed E-state index contributed by atoms with van der Waals surface area (Å²) in [4.78, 5) is 39.6. The van der Waals surface area contributed by atoms with E-state index in [2.05, 4.69) is 24.1 Å². The number of non-ortho nitro benzene ring substituents is 1. The first kappa shape index (κ1) is 24.5. The summed E-state index contributed by atoms with van der Waals surface area (Å²) in [5.74, 6) is -0.698. The standard InChI is InChI=1S/C23H27N5O4/c1-3-26(4-2)14-5-15-27(23(30)19-8-6-18(16-24)7-9-19)17-22(29)25-20-10-12-21(13-11-20)28(31)32/h6-13H,3-5,14-15,17H2,1-2H3,(H,25,29).